The number of hydroxylamine groups is 2. The zero-order valence-electron chi connectivity index (χ0n) is 25.7. The van der Waals surface area contributed by atoms with Gasteiger partial charge in [0.1, 0.15) is 18.2 Å². The molecule has 1 aromatic carbocycles. The molecular weight excluding hydrogens is 516 g/mol. The lowest BCUT2D eigenvalue weighted by molar-refractivity contribution is -0.195. The van der Waals surface area contributed by atoms with Crippen LogP contribution in [-0.4, -0.2) is 50.8 Å². The molecule has 2 heterocycles. The van der Waals surface area contributed by atoms with E-state index in [4.69, 9.17) is 19.7 Å². The summed E-state index contributed by atoms with van der Waals surface area (Å²) < 4.78 is 12.8. The van der Waals surface area contributed by atoms with Gasteiger partial charge >= 0.3 is 5.97 Å². The molecule has 6 nitrogen and oxygen atoms in total. The van der Waals surface area contributed by atoms with Crippen molar-refractivity contribution in [2.75, 3.05) is 13.2 Å². The summed E-state index contributed by atoms with van der Waals surface area (Å²) >= 11 is 0. The van der Waals surface area contributed by atoms with Gasteiger partial charge in [0, 0.05) is 5.56 Å². The van der Waals surface area contributed by atoms with Crippen molar-refractivity contribution in [1.29, 1.82) is 0 Å². The molecular formula is C33H52N2O4Si. The van der Waals surface area contributed by atoms with Crippen LogP contribution in [0.5, 0.6) is 0 Å². The molecule has 1 aliphatic carbocycles. The number of nitrogens with two attached hydrogens (primary N) is 1. The molecule has 2 unspecified atom stereocenters. The number of esters is 1. The predicted molar refractivity (Wildman–Crippen MR) is 163 cm³/mol. The van der Waals surface area contributed by atoms with Crippen LogP contribution in [0.3, 0.4) is 0 Å². The van der Waals surface area contributed by atoms with Gasteiger partial charge in [-0.2, -0.15) is 5.06 Å². The molecule has 40 heavy (non-hydrogen) atoms. The Bertz CT molecular complexity index is 1040. The Hall–Kier alpha value is -1.69. The third-order valence-electron chi connectivity index (χ3n) is 9.76. The fraction of sp³-hybridized carbons (Fsp3) is 0.727. The number of hydrogen-bond acceptors (Lipinski definition) is 6. The van der Waals surface area contributed by atoms with Crippen LogP contribution in [0.15, 0.2) is 24.3 Å². The average Bonchev–Trinajstić information content (AvgIpc) is 3.42. The average molecular weight is 569 g/mol. The number of cyclic esters (lactones) is 1. The van der Waals surface area contributed by atoms with E-state index >= 15 is 0 Å². The molecule has 6 atom stereocenters. The Labute approximate surface area is 243 Å². The molecule has 0 amide bonds. The van der Waals surface area contributed by atoms with E-state index in [2.05, 4.69) is 46.5 Å². The molecule has 0 radical (unpaired) electrons. The van der Waals surface area contributed by atoms with Crippen LogP contribution in [0.4, 0.5) is 0 Å². The number of ether oxygens (including phenoxy) is 1. The molecule has 4 rings (SSSR count). The van der Waals surface area contributed by atoms with E-state index in [0.717, 1.165) is 23.0 Å². The Kier molecular flexibility index (Phi) is 10.9. The van der Waals surface area contributed by atoms with Gasteiger partial charge in [0.25, 0.3) is 0 Å². The molecule has 7 heteroatoms. The molecule has 3 aliphatic rings. The van der Waals surface area contributed by atoms with Crippen molar-refractivity contribution in [3.63, 3.8) is 0 Å². The first-order valence-corrected chi connectivity index (χ1v) is 18.0. The van der Waals surface area contributed by atoms with Crippen molar-refractivity contribution in [1.82, 2.24) is 5.06 Å². The van der Waals surface area contributed by atoms with Crippen molar-refractivity contribution in [3.8, 4) is 11.8 Å². The maximum Gasteiger partial charge on any atom is 0.326 e. The number of nitrogens with zero attached hydrogens (tertiary/aromatic N) is 1. The molecule has 222 valence electrons. The van der Waals surface area contributed by atoms with E-state index < -0.39 is 14.4 Å². The largest absolute Gasteiger partial charge is 0.461 e. The van der Waals surface area contributed by atoms with Crippen molar-refractivity contribution < 1.29 is 18.8 Å². The first-order chi connectivity index (χ1) is 19.1. The summed E-state index contributed by atoms with van der Waals surface area (Å²) in [6.07, 6.45) is 7.76. The third-order valence-corrected chi connectivity index (χ3v) is 15.5. The summed E-state index contributed by atoms with van der Waals surface area (Å²) in [5, 5.41) is 1.83. The Morgan fingerprint density at radius 1 is 1.18 bits per heavy atom. The van der Waals surface area contributed by atoms with Crippen LogP contribution in [0.25, 0.3) is 0 Å². The minimum Gasteiger partial charge on any atom is -0.461 e. The quantitative estimate of drug-likeness (QED) is 0.188. The lowest BCUT2D eigenvalue weighted by Gasteiger charge is -2.40. The molecule has 2 N–H and O–H groups in total. The third kappa shape index (κ3) is 7.20. The fourth-order valence-corrected chi connectivity index (χ4v) is 12.1. The van der Waals surface area contributed by atoms with E-state index in [1.54, 1.807) is 0 Å². The van der Waals surface area contributed by atoms with Crippen LogP contribution in [0.1, 0.15) is 91.2 Å². The number of carbonyl (C=O) groups excluding carboxylic acids is 1. The highest BCUT2D eigenvalue weighted by Crippen LogP contribution is 2.43. The van der Waals surface area contributed by atoms with Crippen molar-refractivity contribution >= 4 is 14.3 Å². The summed E-state index contributed by atoms with van der Waals surface area (Å²) in [4.78, 5) is 19.5. The molecule has 2 aliphatic heterocycles. The molecule has 0 spiro atoms. The van der Waals surface area contributed by atoms with Gasteiger partial charge in [-0.3, -0.25) is 9.63 Å². The maximum absolute atomic E-state index is 12.9. The van der Waals surface area contributed by atoms with Crippen molar-refractivity contribution in [2.24, 2.45) is 23.5 Å². The van der Waals surface area contributed by atoms with E-state index in [-0.39, 0.29) is 24.1 Å². The fourth-order valence-electron chi connectivity index (χ4n) is 7.60. The van der Waals surface area contributed by atoms with Crippen molar-refractivity contribution in [2.45, 2.75) is 122 Å². The second-order valence-corrected chi connectivity index (χ2v) is 18.2. The molecule has 2 saturated heterocycles. The van der Waals surface area contributed by atoms with E-state index in [1.165, 1.54) is 44.6 Å². The number of rotatable bonds is 11. The van der Waals surface area contributed by atoms with Gasteiger partial charge in [0.15, 0.2) is 8.32 Å². The lowest BCUT2D eigenvalue weighted by Crippen LogP contribution is -2.47. The second-order valence-electron chi connectivity index (χ2n) is 13.2. The topological polar surface area (TPSA) is 74.0 Å². The Balaban J connectivity index is 1.44. The van der Waals surface area contributed by atoms with Gasteiger partial charge in [0.05, 0.1) is 25.6 Å². The molecule has 0 aromatic heterocycles. The zero-order valence-corrected chi connectivity index (χ0v) is 26.7. The lowest BCUT2D eigenvalue weighted by atomic mass is 9.80. The maximum atomic E-state index is 12.9. The number of carbonyl (C=O) groups is 1. The highest BCUT2D eigenvalue weighted by atomic mass is 28.4. The monoisotopic (exact) mass is 568 g/mol. The summed E-state index contributed by atoms with van der Waals surface area (Å²) in [5.41, 5.74) is 8.53. The van der Waals surface area contributed by atoms with E-state index in [1.807, 2.05) is 36.3 Å². The predicted octanol–water partition coefficient (Wildman–Crippen LogP) is 6.43. The summed E-state index contributed by atoms with van der Waals surface area (Å²) in [6.45, 7) is 15.2. The number of hydrogen-bond donors (Lipinski definition) is 1. The zero-order chi connectivity index (χ0) is 28.9. The van der Waals surface area contributed by atoms with Crippen LogP contribution in [0.2, 0.25) is 17.1 Å². The van der Waals surface area contributed by atoms with Crippen LogP contribution >= 0.6 is 0 Å². The first-order valence-electron chi connectivity index (χ1n) is 15.7. The smallest absolute Gasteiger partial charge is 0.326 e. The van der Waals surface area contributed by atoms with Gasteiger partial charge in [-0.15, -0.1) is 0 Å². The Morgan fingerprint density at radius 2 is 1.95 bits per heavy atom. The van der Waals surface area contributed by atoms with Gasteiger partial charge in [0.2, 0.25) is 0 Å². The molecule has 3 fully saturated rings. The minimum atomic E-state index is -2.07. The van der Waals surface area contributed by atoms with Gasteiger partial charge in [-0.25, -0.2) is 0 Å². The number of benzene rings is 1. The summed E-state index contributed by atoms with van der Waals surface area (Å²) in [6, 6.07) is 8.82. The van der Waals surface area contributed by atoms with Gasteiger partial charge in [-0.1, -0.05) is 90.7 Å². The Morgan fingerprint density at radius 3 is 2.65 bits per heavy atom. The molecule has 1 aromatic rings. The molecule has 0 bridgehead atoms. The van der Waals surface area contributed by atoms with Crippen LogP contribution in [-0.2, 0) is 25.3 Å². The SMILES string of the molecule is CC1CCCC(CCC[Si](OC[C@H]2ON(Cc3cccc(C#CCN)c3)[C@H]3C(=O)O[C@H](C)[C@@H]23)(C(C)C)C(C)C)C1. The van der Waals surface area contributed by atoms with Crippen molar-refractivity contribution in [3.05, 3.63) is 35.4 Å². The van der Waals surface area contributed by atoms with E-state index in [0.29, 0.717) is 30.8 Å². The minimum absolute atomic E-state index is 0.0394. The van der Waals surface area contributed by atoms with Gasteiger partial charge in [-0.05, 0) is 60.0 Å². The second kappa shape index (κ2) is 14.0. The van der Waals surface area contributed by atoms with Crippen LogP contribution in [0, 0.1) is 29.6 Å². The normalized spacial score (nSPS) is 29.0. The highest BCUT2D eigenvalue weighted by molar-refractivity contribution is 6.76. The van der Waals surface area contributed by atoms with Crippen LogP contribution < -0.4 is 5.73 Å². The number of fused-ring (bicyclic) bond motifs is 1. The van der Waals surface area contributed by atoms with E-state index in [9.17, 15) is 4.79 Å². The first kappa shape index (κ1) is 31.2. The van der Waals surface area contributed by atoms with Gasteiger partial charge < -0.3 is 14.9 Å². The standard InChI is InChI=1S/C33H52N2O4Si/c1-23(2)40(24(3)4,18-10-16-27-12-7-11-25(5)19-27)37-22-30-31-26(6)38-33(36)32(31)35(39-30)21-29-14-8-13-28(20-29)15-9-17-34/h8,13-14,20,23-27,30-32H,7,10-12,16-19,21-22,34H2,1-6H3/t25?,26-,27?,30-,31+,32-/m1/s1. The summed E-state index contributed by atoms with van der Waals surface area (Å²) in [7, 11) is -2.07. The highest BCUT2D eigenvalue weighted by Gasteiger charge is 2.57. The summed E-state index contributed by atoms with van der Waals surface area (Å²) in [5.74, 6) is 7.53. The molecule has 1 saturated carbocycles.